The first kappa shape index (κ1) is 66.0. The Kier molecular flexibility index (Phi) is 56.8. The van der Waals surface area contributed by atoms with E-state index in [1.54, 1.807) is 48.8 Å². The van der Waals surface area contributed by atoms with Gasteiger partial charge in [-0.3, -0.25) is 9.98 Å². The number of ether oxygens (including phenoxy) is 2. The predicted octanol–water partition coefficient (Wildman–Crippen LogP) is -11.9. The second-order valence-corrected chi connectivity index (χ2v) is 6.86. The van der Waals surface area contributed by atoms with Gasteiger partial charge in [-0.2, -0.15) is 0 Å². The largest absolute Gasteiger partial charge is 3.00 e. The number of hydrogen-bond donors (Lipinski definition) is 0. The van der Waals surface area contributed by atoms with E-state index in [4.69, 9.17) is 9.47 Å². The van der Waals surface area contributed by atoms with E-state index in [0.717, 1.165) is 0 Å². The second kappa shape index (κ2) is 32.7. The van der Waals surface area contributed by atoms with Gasteiger partial charge in [-0.25, -0.2) is 0 Å². The molecule has 0 aromatic heterocycles. The number of rotatable bonds is 8. The van der Waals surface area contributed by atoms with Crippen LogP contribution in [-0.2, 0) is 39.0 Å². The molecule has 0 amide bonds. The molecule has 0 aliphatic rings. The molecule has 0 heterocycles. The summed E-state index contributed by atoms with van der Waals surface area (Å²) in [7, 11) is 2.93. The Morgan fingerprint density at radius 2 is 1.00 bits per heavy atom. The number of halogens is 3. The van der Waals surface area contributed by atoms with E-state index >= 15 is 0 Å². The van der Waals surface area contributed by atoms with E-state index in [-0.39, 0.29) is 144 Å². The van der Waals surface area contributed by atoms with Gasteiger partial charge in [0.15, 0.2) is 0 Å². The topological polar surface area (TPSA) is 284 Å². The molecule has 12 nitrogen and oxygen atoms in total. The summed E-state index contributed by atoms with van der Waals surface area (Å²) >= 11 is 0. The second-order valence-electron chi connectivity index (χ2n) is 6.86. The van der Waals surface area contributed by atoms with Crippen LogP contribution >= 0.6 is 0 Å². The SMILES string of the molecule is COc1cccc(C=NCC(C)(C)CN=Cc2cccc(OC)c2[O-])c1[O-].O.O.[Cl-].[Cl-].[Cl-].[Cu+2].[Gd+3].[OH3+].[OH3+].[OH3+].[OH3+]. The standard InChI is InChI=1S/C21H26N2O4.3ClH.Cu.Gd.6H2O/c1-21(2,13-22-11-15-7-5-9-17(26-3)19(15)24)14-23-12-16-8-6-10-18(27-4)20(16)25;;;;;;;;;;;/h5-12,24-25H,13-14H2,1-4H3;3*1H;;;6*1H2/q;;;;+2;+3;;;;;;/p-1. The first-order valence-corrected chi connectivity index (χ1v) is 8.55. The molecular weight excluding hydrogens is 767 g/mol. The van der Waals surface area contributed by atoms with Crippen molar-refractivity contribution in [1.29, 1.82) is 0 Å². The number of aliphatic imine (C=N–C) groups is 2. The van der Waals surface area contributed by atoms with Crippen molar-refractivity contribution in [2.45, 2.75) is 13.8 Å². The number of para-hydroxylation sites is 2. The molecule has 0 atom stereocenters. The van der Waals surface area contributed by atoms with Crippen molar-refractivity contribution >= 4 is 12.4 Å². The fraction of sp³-hybridized carbons (Fsp3) is 0.333. The molecule has 2 aromatic carbocycles. The van der Waals surface area contributed by atoms with Crippen molar-refractivity contribution in [3.63, 3.8) is 0 Å². The zero-order valence-corrected chi connectivity index (χ0v) is 26.6. The summed E-state index contributed by atoms with van der Waals surface area (Å²) in [6, 6.07) is 10.2. The number of methoxy groups -OCH3 is 2. The minimum Gasteiger partial charge on any atom is -1.00 e. The third-order valence-corrected chi connectivity index (χ3v) is 3.96. The third kappa shape index (κ3) is 20.4. The van der Waals surface area contributed by atoms with E-state index in [9.17, 15) is 10.2 Å². The van der Waals surface area contributed by atoms with Gasteiger partial charge in [-0.05, 0) is 23.3 Å². The fourth-order valence-electron chi connectivity index (χ4n) is 2.42. The maximum absolute atomic E-state index is 12.1. The molecule has 0 saturated carbocycles. The molecule has 0 aliphatic heterocycles. The molecule has 0 unspecified atom stereocenters. The van der Waals surface area contributed by atoms with Gasteiger partial charge in [0.2, 0.25) is 0 Å². The molecule has 0 saturated heterocycles. The Hall–Kier alpha value is -0.546. The van der Waals surface area contributed by atoms with Gasteiger partial charge in [0, 0.05) is 30.9 Å². The van der Waals surface area contributed by atoms with Crippen LogP contribution < -0.4 is 56.9 Å². The Morgan fingerprint density at radius 1 is 0.711 bits per heavy atom. The molecule has 38 heavy (non-hydrogen) atoms. The van der Waals surface area contributed by atoms with E-state index in [1.165, 1.54) is 14.2 Å². The summed E-state index contributed by atoms with van der Waals surface area (Å²) < 4.78 is 10.1. The van der Waals surface area contributed by atoms with Gasteiger partial charge in [0.05, 0.1) is 14.2 Å². The molecule has 2 radical (unpaired) electrons. The molecule has 2 rings (SSSR count). The number of nitrogens with zero attached hydrogens (tertiary/aromatic N) is 2. The summed E-state index contributed by atoms with van der Waals surface area (Å²) in [6.07, 6.45) is 3.13. The zero-order chi connectivity index (χ0) is 19.9. The summed E-state index contributed by atoms with van der Waals surface area (Å²) in [5, 5.41) is 24.2. The summed E-state index contributed by atoms with van der Waals surface area (Å²) in [4.78, 5) is 8.77. The third-order valence-electron chi connectivity index (χ3n) is 3.96. The first-order chi connectivity index (χ1) is 12.9. The van der Waals surface area contributed by atoms with Crippen molar-refractivity contribution in [3.05, 3.63) is 47.5 Å². The maximum atomic E-state index is 12.1. The minimum absolute atomic E-state index is 0. The molecular formula is C21H40Cl3CuGdN2O10+4. The van der Waals surface area contributed by atoms with Crippen LogP contribution in [0.1, 0.15) is 25.0 Å². The smallest absolute Gasteiger partial charge is 1.00 e. The zero-order valence-electron chi connectivity index (χ0n) is 21.2. The number of benzene rings is 2. The summed E-state index contributed by atoms with van der Waals surface area (Å²) in [6.45, 7) is 5.02. The predicted molar refractivity (Wildman–Crippen MR) is 130 cm³/mol. The summed E-state index contributed by atoms with van der Waals surface area (Å²) in [5.74, 6) is 0.241. The minimum atomic E-state index is -0.225. The average Bonchev–Trinajstić information content (AvgIpc) is 2.64. The fourth-order valence-corrected chi connectivity index (χ4v) is 2.42. The van der Waals surface area contributed by atoms with Crippen molar-refractivity contribution in [3.8, 4) is 23.0 Å². The van der Waals surface area contributed by atoms with Gasteiger partial charge in [0.1, 0.15) is 11.5 Å². The molecule has 16 N–H and O–H groups in total. The molecule has 0 spiro atoms. The normalized spacial score (nSPS) is 8.53. The van der Waals surface area contributed by atoms with E-state index in [0.29, 0.717) is 35.7 Å². The monoisotopic (exact) mass is 806 g/mol. The quantitative estimate of drug-likeness (QED) is 0.143. The van der Waals surface area contributed by atoms with E-state index in [1.807, 2.05) is 13.8 Å². The van der Waals surface area contributed by atoms with Crippen molar-refractivity contribution in [2.24, 2.45) is 15.4 Å². The van der Waals surface area contributed by atoms with Crippen LogP contribution in [0.4, 0.5) is 0 Å². The van der Waals surface area contributed by atoms with Crippen molar-refractivity contribution in [1.82, 2.24) is 0 Å². The van der Waals surface area contributed by atoms with E-state index < -0.39 is 0 Å². The molecule has 0 aliphatic carbocycles. The van der Waals surface area contributed by atoms with Gasteiger partial charge in [0.25, 0.3) is 0 Å². The number of hydrogen-bond acceptors (Lipinski definition) is 6. The van der Waals surface area contributed by atoms with Crippen LogP contribution in [0.25, 0.3) is 0 Å². The van der Waals surface area contributed by atoms with Gasteiger partial charge < -0.3 is 89.8 Å². The van der Waals surface area contributed by atoms with Crippen molar-refractivity contribution < 1.29 is 147 Å². The van der Waals surface area contributed by atoms with Crippen LogP contribution in [0, 0.1) is 45.4 Å². The Bertz CT molecular complexity index is 802. The van der Waals surface area contributed by atoms with Crippen LogP contribution in [0.5, 0.6) is 23.0 Å². The van der Waals surface area contributed by atoms with Crippen molar-refractivity contribution in [2.75, 3.05) is 27.3 Å². The average molecular weight is 808 g/mol. The van der Waals surface area contributed by atoms with Gasteiger partial charge in [-0.1, -0.05) is 49.6 Å². The Labute approximate surface area is 284 Å². The maximum Gasteiger partial charge on any atom is 3.00 e. The molecule has 2 aromatic rings. The molecule has 0 fully saturated rings. The molecule has 230 valence electrons. The molecule has 0 bridgehead atoms. The van der Waals surface area contributed by atoms with Crippen LogP contribution in [0.3, 0.4) is 0 Å². The summed E-state index contributed by atoms with van der Waals surface area (Å²) in [5.41, 5.74) is 0.749. The first-order valence-electron chi connectivity index (χ1n) is 8.55. The van der Waals surface area contributed by atoms with Gasteiger partial charge >= 0.3 is 57.0 Å². The van der Waals surface area contributed by atoms with Crippen LogP contribution in [0.15, 0.2) is 46.4 Å². The van der Waals surface area contributed by atoms with Crippen LogP contribution in [0.2, 0.25) is 0 Å². The molecule has 17 heteroatoms. The Morgan fingerprint density at radius 3 is 1.26 bits per heavy atom. The van der Waals surface area contributed by atoms with E-state index in [2.05, 4.69) is 9.98 Å². The van der Waals surface area contributed by atoms with Crippen LogP contribution in [-0.4, -0.2) is 50.7 Å². The Balaban J connectivity index is -0.0000000891. The van der Waals surface area contributed by atoms with Gasteiger partial charge in [-0.15, -0.1) is 0 Å².